The van der Waals surface area contributed by atoms with Gasteiger partial charge < -0.3 is 14.9 Å². The van der Waals surface area contributed by atoms with Gasteiger partial charge in [-0.2, -0.15) is 0 Å². The van der Waals surface area contributed by atoms with Crippen LogP contribution in [0.15, 0.2) is 102 Å². The van der Waals surface area contributed by atoms with E-state index in [1.54, 1.807) is 12.3 Å². The molecule has 1 heterocycles. The number of benzene rings is 3. The fourth-order valence-electron chi connectivity index (χ4n) is 4.92. The Morgan fingerprint density at radius 2 is 1.45 bits per heavy atom. The minimum atomic E-state index is -0.759. The topological polar surface area (TPSA) is 89.9 Å². The van der Waals surface area contributed by atoms with E-state index in [-0.39, 0.29) is 24.2 Å². The zero-order chi connectivity index (χ0) is 27.8. The first-order chi connectivity index (χ1) is 19.6. The molecule has 0 spiro atoms. The van der Waals surface area contributed by atoms with Crippen LogP contribution in [0.25, 0.3) is 0 Å². The Hall–Kier alpha value is -4.30. The van der Waals surface area contributed by atoms with E-state index in [1.807, 2.05) is 54.6 Å². The van der Waals surface area contributed by atoms with Gasteiger partial charge in [-0.15, -0.1) is 11.3 Å². The Balaban J connectivity index is 1.54. The van der Waals surface area contributed by atoms with Crippen LogP contribution in [0.3, 0.4) is 0 Å². The molecular formula is C32H31N3O4S. The van der Waals surface area contributed by atoms with Crippen LogP contribution in [0.4, 0.5) is 5.13 Å². The number of aromatic nitrogens is 1. The van der Waals surface area contributed by atoms with Crippen molar-refractivity contribution < 1.29 is 19.2 Å². The molecule has 0 aliphatic heterocycles. The fourth-order valence-corrected chi connectivity index (χ4v) is 5.67. The minimum Gasteiger partial charge on any atom is -0.461 e. The minimum absolute atomic E-state index is 0.00721. The van der Waals surface area contributed by atoms with Crippen molar-refractivity contribution in [1.29, 1.82) is 0 Å². The van der Waals surface area contributed by atoms with Gasteiger partial charge >= 0.3 is 5.97 Å². The van der Waals surface area contributed by atoms with Crippen molar-refractivity contribution in [3.05, 3.63) is 119 Å². The standard InChI is InChI=1S/C32H31N3O4S/c1-2-38-30(37)29(35-39-27-20-18-26(36)19-21-27)28-22-40-31(33-28)34-32(23-12-6-3-7-13-23,24-14-8-4-9-15-24)25-16-10-5-11-17-25/h3-17,22,27H,2,18-21H2,1H3,(H,33,34)/b35-29-. The zero-order valence-corrected chi connectivity index (χ0v) is 23.1. The van der Waals surface area contributed by atoms with Gasteiger partial charge in [-0.1, -0.05) is 96.2 Å². The predicted molar refractivity (Wildman–Crippen MR) is 156 cm³/mol. The van der Waals surface area contributed by atoms with E-state index in [4.69, 9.17) is 14.6 Å². The molecule has 1 fully saturated rings. The first kappa shape index (κ1) is 27.3. The number of ether oxygens (including phenoxy) is 1. The van der Waals surface area contributed by atoms with Crippen molar-refractivity contribution in [1.82, 2.24) is 4.98 Å². The van der Waals surface area contributed by atoms with Crippen molar-refractivity contribution in [3.8, 4) is 0 Å². The lowest BCUT2D eigenvalue weighted by Gasteiger charge is -2.36. The van der Waals surface area contributed by atoms with E-state index in [1.165, 1.54) is 11.3 Å². The van der Waals surface area contributed by atoms with E-state index in [0.29, 0.717) is 36.5 Å². The molecule has 1 aliphatic carbocycles. The lowest BCUT2D eigenvalue weighted by molar-refractivity contribution is -0.135. The third-order valence-electron chi connectivity index (χ3n) is 6.91. The maximum Gasteiger partial charge on any atom is 0.362 e. The van der Waals surface area contributed by atoms with Crippen LogP contribution in [-0.2, 0) is 24.7 Å². The number of anilines is 1. The summed E-state index contributed by atoms with van der Waals surface area (Å²) in [6, 6.07) is 30.7. The van der Waals surface area contributed by atoms with Crippen LogP contribution >= 0.6 is 11.3 Å². The molecule has 8 heteroatoms. The molecule has 204 valence electrons. The third kappa shape index (κ3) is 5.97. The summed E-state index contributed by atoms with van der Waals surface area (Å²) in [6.07, 6.45) is 1.85. The maximum absolute atomic E-state index is 12.9. The Kier molecular flexibility index (Phi) is 8.66. The number of ketones is 1. The first-order valence-corrected chi connectivity index (χ1v) is 14.3. The quantitative estimate of drug-likeness (QED) is 0.107. The number of thiazole rings is 1. The molecule has 1 aliphatic rings. The number of nitrogens with one attached hydrogen (secondary N) is 1. The number of rotatable bonds is 10. The number of oxime groups is 1. The van der Waals surface area contributed by atoms with Crippen molar-refractivity contribution in [3.63, 3.8) is 0 Å². The maximum atomic E-state index is 12.9. The second-order valence-electron chi connectivity index (χ2n) is 9.51. The number of esters is 1. The smallest absolute Gasteiger partial charge is 0.362 e. The van der Waals surface area contributed by atoms with E-state index in [2.05, 4.69) is 46.9 Å². The summed E-state index contributed by atoms with van der Waals surface area (Å²) in [5, 5.41) is 10.3. The number of nitrogens with zero attached hydrogens (tertiary/aromatic N) is 2. The summed E-state index contributed by atoms with van der Waals surface area (Å²) in [5.41, 5.74) is 2.73. The Morgan fingerprint density at radius 3 is 1.95 bits per heavy atom. The van der Waals surface area contributed by atoms with Gasteiger partial charge in [-0.05, 0) is 36.5 Å². The molecule has 3 aromatic carbocycles. The highest BCUT2D eigenvalue weighted by atomic mass is 32.1. The Bertz CT molecular complexity index is 1350. The number of carbonyl (C=O) groups is 2. The number of carbonyl (C=O) groups excluding carboxylic acids is 2. The number of Topliss-reactive ketones (excluding diaryl/α,β-unsaturated/α-hetero) is 1. The van der Waals surface area contributed by atoms with Gasteiger partial charge in [-0.25, -0.2) is 9.78 Å². The molecule has 1 saturated carbocycles. The largest absolute Gasteiger partial charge is 0.461 e. The summed E-state index contributed by atoms with van der Waals surface area (Å²) in [6.45, 7) is 1.94. The highest BCUT2D eigenvalue weighted by Gasteiger charge is 2.37. The highest BCUT2D eigenvalue weighted by Crippen LogP contribution is 2.40. The van der Waals surface area contributed by atoms with Crippen LogP contribution < -0.4 is 5.32 Å². The van der Waals surface area contributed by atoms with Crippen LogP contribution in [0, 0.1) is 0 Å². The molecule has 4 aromatic rings. The van der Waals surface area contributed by atoms with E-state index in [9.17, 15) is 9.59 Å². The molecule has 0 amide bonds. The second kappa shape index (κ2) is 12.7. The molecule has 0 radical (unpaired) electrons. The van der Waals surface area contributed by atoms with Crippen molar-refractivity contribution >= 4 is 33.9 Å². The fraction of sp³-hybridized carbons (Fsp3) is 0.250. The van der Waals surface area contributed by atoms with Gasteiger partial charge in [0.2, 0.25) is 5.71 Å². The van der Waals surface area contributed by atoms with Crippen molar-refractivity contribution in [2.75, 3.05) is 11.9 Å². The summed E-state index contributed by atoms with van der Waals surface area (Å²) in [7, 11) is 0. The summed E-state index contributed by atoms with van der Waals surface area (Å²) in [5.74, 6) is -0.380. The first-order valence-electron chi connectivity index (χ1n) is 13.4. The van der Waals surface area contributed by atoms with Crippen LogP contribution in [-0.4, -0.2) is 35.2 Å². The van der Waals surface area contributed by atoms with Crippen molar-refractivity contribution in [2.24, 2.45) is 5.16 Å². The molecule has 0 atom stereocenters. The van der Waals surface area contributed by atoms with Gasteiger partial charge in [0.25, 0.3) is 0 Å². The summed E-state index contributed by atoms with van der Waals surface area (Å²) < 4.78 is 5.27. The molecule has 40 heavy (non-hydrogen) atoms. The predicted octanol–water partition coefficient (Wildman–Crippen LogP) is 6.34. The highest BCUT2D eigenvalue weighted by molar-refractivity contribution is 7.14. The number of hydrogen-bond acceptors (Lipinski definition) is 8. The normalized spacial score (nSPS) is 14.5. The molecule has 1 aromatic heterocycles. The van der Waals surface area contributed by atoms with Gasteiger partial charge in [0.1, 0.15) is 23.1 Å². The molecular weight excluding hydrogens is 522 g/mol. The van der Waals surface area contributed by atoms with E-state index in [0.717, 1.165) is 16.7 Å². The molecule has 7 nitrogen and oxygen atoms in total. The van der Waals surface area contributed by atoms with E-state index < -0.39 is 11.5 Å². The summed E-state index contributed by atoms with van der Waals surface area (Å²) in [4.78, 5) is 35.0. The average Bonchev–Trinajstić information content (AvgIpc) is 3.46. The Morgan fingerprint density at radius 1 is 0.925 bits per heavy atom. The SMILES string of the molecule is CCOC(=O)/C(=N\OC1CCC(=O)CC1)c1csc(NC(c2ccccc2)(c2ccccc2)c2ccccc2)n1. The molecule has 5 rings (SSSR count). The van der Waals surface area contributed by atoms with Crippen LogP contribution in [0.2, 0.25) is 0 Å². The zero-order valence-electron chi connectivity index (χ0n) is 22.3. The van der Waals surface area contributed by atoms with Crippen molar-refractivity contribution in [2.45, 2.75) is 44.2 Å². The lowest BCUT2D eigenvalue weighted by atomic mass is 9.77. The van der Waals surface area contributed by atoms with Gasteiger partial charge in [0, 0.05) is 18.2 Å². The van der Waals surface area contributed by atoms with Gasteiger partial charge in [-0.3, -0.25) is 4.79 Å². The molecule has 0 bridgehead atoms. The molecule has 0 saturated heterocycles. The Labute approximate surface area is 237 Å². The second-order valence-corrected chi connectivity index (χ2v) is 10.4. The number of hydrogen-bond donors (Lipinski definition) is 1. The van der Waals surface area contributed by atoms with Gasteiger partial charge in [0.05, 0.1) is 6.61 Å². The van der Waals surface area contributed by atoms with Crippen LogP contribution in [0.1, 0.15) is 55.0 Å². The monoisotopic (exact) mass is 553 g/mol. The molecule has 0 unspecified atom stereocenters. The third-order valence-corrected chi connectivity index (χ3v) is 7.67. The summed E-state index contributed by atoms with van der Waals surface area (Å²) >= 11 is 1.37. The lowest BCUT2D eigenvalue weighted by Crippen LogP contribution is -2.38. The van der Waals surface area contributed by atoms with Crippen LogP contribution in [0.5, 0.6) is 0 Å². The van der Waals surface area contributed by atoms with Gasteiger partial charge in [0.15, 0.2) is 5.13 Å². The average molecular weight is 554 g/mol. The van der Waals surface area contributed by atoms with E-state index >= 15 is 0 Å². The molecule has 1 N–H and O–H groups in total.